The van der Waals surface area contributed by atoms with E-state index in [-0.39, 0.29) is 24.1 Å². The lowest BCUT2D eigenvalue weighted by molar-refractivity contribution is 0.103. The van der Waals surface area contributed by atoms with E-state index in [0.29, 0.717) is 19.6 Å². The molecule has 0 radical (unpaired) electrons. The SMILES string of the molecule is Cl.NC(N)=NCCNCC1=Cc2cccc3cccc(c23)C1=O. The van der Waals surface area contributed by atoms with E-state index in [1.54, 1.807) is 0 Å². The molecule has 0 fully saturated rings. The van der Waals surface area contributed by atoms with E-state index in [0.717, 1.165) is 27.5 Å². The number of carbonyl (C=O) groups is 1. The number of guanidine groups is 1. The van der Waals surface area contributed by atoms with Crippen molar-refractivity contribution >= 4 is 41.0 Å². The van der Waals surface area contributed by atoms with Gasteiger partial charge >= 0.3 is 0 Å². The van der Waals surface area contributed by atoms with Crippen LogP contribution in [0.25, 0.3) is 16.8 Å². The summed E-state index contributed by atoms with van der Waals surface area (Å²) in [6.07, 6.45) is 1.96. The smallest absolute Gasteiger partial charge is 0.190 e. The molecule has 2 aromatic rings. The average Bonchev–Trinajstić information content (AvgIpc) is 2.51. The Morgan fingerprint density at radius 1 is 1.13 bits per heavy atom. The topological polar surface area (TPSA) is 93.5 Å². The van der Waals surface area contributed by atoms with Crippen molar-refractivity contribution in [1.82, 2.24) is 5.32 Å². The fourth-order valence-electron chi connectivity index (χ4n) is 2.72. The molecule has 0 unspecified atom stereocenters. The number of nitrogens with zero attached hydrogens (tertiary/aromatic N) is 1. The highest BCUT2D eigenvalue weighted by Gasteiger charge is 2.20. The minimum Gasteiger partial charge on any atom is -0.370 e. The van der Waals surface area contributed by atoms with E-state index in [1.807, 2.05) is 42.5 Å². The first-order valence-electron chi connectivity index (χ1n) is 7.20. The van der Waals surface area contributed by atoms with Gasteiger partial charge in [0.2, 0.25) is 0 Å². The lowest BCUT2D eigenvalue weighted by atomic mass is 9.88. The van der Waals surface area contributed by atoms with Gasteiger partial charge in [-0.15, -0.1) is 12.4 Å². The standard InChI is InChI=1S/C17H18N4O.ClH/c18-17(19)21-8-7-20-10-13-9-12-5-1-3-11-4-2-6-14(15(11)12)16(13)22;/h1-6,9,20H,7-8,10H2,(H4,18,19,21);1H. The van der Waals surface area contributed by atoms with Crippen LogP contribution in [0, 0.1) is 0 Å². The number of halogens is 1. The largest absolute Gasteiger partial charge is 0.370 e. The van der Waals surface area contributed by atoms with Gasteiger partial charge in [0, 0.05) is 29.6 Å². The number of hydrogen-bond acceptors (Lipinski definition) is 3. The number of benzene rings is 2. The van der Waals surface area contributed by atoms with Crippen LogP contribution in [-0.2, 0) is 0 Å². The summed E-state index contributed by atoms with van der Waals surface area (Å²) in [4.78, 5) is 16.5. The van der Waals surface area contributed by atoms with Crippen molar-refractivity contribution in [1.29, 1.82) is 0 Å². The zero-order valence-electron chi connectivity index (χ0n) is 12.6. The van der Waals surface area contributed by atoms with Crippen LogP contribution in [0.2, 0.25) is 0 Å². The summed E-state index contributed by atoms with van der Waals surface area (Å²) in [6.45, 7) is 1.62. The second-order valence-corrected chi connectivity index (χ2v) is 5.23. The Hall–Kier alpha value is -2.37. The van der Waals surface area contributed by atoms with Crippen molar-refractivity contribution < 1.29 is 4.79 Å². The summed E-state index contributed by atoms with van der Waals surface area (Å²) < 4.78 is 0. The molecule has 3 rings (SSSR count). The molecule has 5 N–H and O–H groups in total. The van der Waals surface area contributed by atoms with Crippen LogP contribution in [0.15, 0.2) is 47.0 Å². The lowest BCUT2D eigenvalue weighted by Gasteiger charge is -2.17. The monoisotopic (exact) mass is 330 g/mol. The van der Waals surface area contributed by atoms with Gasteiger partial charge in [-0.05, 0) is 17.0 Å². The van der Waals surface area contributed by atoms with Crippen LogP contribution in [0.4, 0.5) is 0 Å². The Bertz CT molecular complexity index is 789. The number of nitrogens with one attached hydrogen (secondary N) is 1. The van der Waals surface area contributed by atoms with Crippen LogP contribution in [-0.4, -0.2) is 31.4 Å². The normalized spacial score (nSPS) is 12.5. The zero-order chi connectivity index (χ0) is 15.5. The molecule has 0 spiro atoms. The van der Waals surface area contributed by atoms with Crippen LogP contribution in [0.3, 0.4) is 0 Å². The van der Waals surface area contributed by atoms with E-state index in [2.05, 4.69) is 10.3 Å². The Kier molecular flexibility index (Phi) is 5.36. The highest BCUT2D eigenvalue weighted by Crippen LogP contribution is 2.30. The summed E-state index contributed by atoms with van der Waals surface area (Å²) in [5.74, 6) is 0.161. The van der Waals surface area contributed by atoms with E-state index in [1.165, 1.54) is 0 Å². The van der Waals surface area contributed by atoms with Gasteiger partial charge in [-0.3, -0.25) is 9.79 Å². The molecule has 0 aliphatic heterocycles. The number of Topliss-reactive ketones (excluding diaryl/α,β-unsaturated/α-hetero) is 1. The van der Waals surface area contributed by atoms with Crippen molar-refractivity contribution in [2.75, 3.05) is 19.6 Å². The molecule has 2 aromatic carbocycles. The van der Waals surface area contributed by atoms with Crippen molar-refractivity contribution in [3.63, 3.8) is 0 Å². The van der Waals surface area contributed by atoms with Gasteiger partial charge in [-0.2, -0.15) is 0 Å². The Morgan fingerprint density at radius 3 is 2.61 bits per heavy atom. The van der Waals surface area contributed by atoms with Crippen molar-refractivity contribution in [2.45, 2.75) is 0 Å². The Balaban J connectivity index is 0.00000192. The highest BCUT2D eigenvalue weighted by atomic mass is 35.5. The summed E-state index contributed by atoms with van der Waals surface area (Å²) in [5.41, 5.74) is 13.2. The first-order chi connectivity index (χ1) is 10.7. The predicted octanol–water partition coefficient (Wildman–Crippen LogP) is 1.70. The summed E-state index contributed by atoms with van der Waals surface area (Å²) in [5, 5.41) is 5.33. The summed E-state index contributed by atoms with van der Waals surface area (Å²) in [6, 6.07) is 11.9. The molecule has 120 valence electrons. The molecule has 1 aliphatic carbocycles. The van der Waals surface area contributed by atoms with E-state index in [9.17, 15) is 4.79 Å². The van der Waals surface area contributed by atoms with Gasteiger partial charge in [0.05, 0.1) is 6.54 Å². The van der Waals surface area contributed by atoms with E-state index >= 15 is 0 Å². The molecular formula is C17H19ClN4O. The molecule has 0 saturated carbocycles. The quantitative estimate of drug-likeness (QED) is 0.442. The highest BCUT2D eigenvalue weighted by molar-refractivity contribution is 6.22. The maximum absolute atomic E-state index is 12.6. The first-order valence-corrected chi connectivity index (χ1v) is 7.20. The average molecular weight is 331 g/mol. The molecular weight excluding hydrogens is 312 g/mol. The minimum atomic E-state index is 0. The summed E-state index contributed by atoms with van der Waals surface area (Å²) >= 11 is 0. The maximum atomic E-state index is 12.6. The van der Waals surface area contributed by atoms with Gasteiger partial charge in [0.25, 0.3) is 0 Å². The van der Waals surface area contributed by atoms with E-state index in [4.69, 9.17) is 11.5 Å². The zero-order valence-corrected chi connectivity index (χ0v) is 13.4. The van der Waals surface area contributed by atoms with Crippen LogP contribution in [0.5, 0.6) is 0 Å². The third kappa shape index (κ3) is 3.52. The molecule has 23 heavy (non-hydrogen) atoms. The van der Waals surface area contributed by atoms with Crippen molar-refractivity contribution in [3.8, 4) is 0 Å². The summed E-state index contributed by atoms with van der Waals surface area (Å²) in [7, 11) is 0. The molecule has 0 saturated heterocycles. The van der Waals surface area contributed by atoms with Gasteiger partial charge in [-0.25, -0.2) is 0 Å². The second-order valence-electron chi connectivity index (χ2n) is 5.23. The maximum Gasteiger partial charge on any atom is 0.190 e. The number of nitrogens with two attached hydrogens (primary N) is 2. The van der Waals surface area contributed by atoms with Crippen molar-refractivity contribution in [2.24, 2.45) is 16.5 Å². The minimum absolute atomic E-state index is 0. The Morgan fingerprint density at radius 2 is 1.87 bits per heavy atom. The molecule has 0 heterocycles. The van der Waals surface area contributed by atoms with Gasteiger partial charge in [-0.1, -0.05) is 36.4 Å². The molecule has 5 nitrogen and oxygen atoms in total. The molecule has 6 heteroatoms. The first kappa shape index (κ1) is 17.0. The predicted molar refractivity (Wildman–Crippen MR) is 97.1 cm³/mol. The Labute approximate surface area is 140 Å². The number of hydrogen-bond donors (Lipinski definition) is 3. The molecule has 0 amide bonds. The number of rotatable bonds is 5. The lowest BCUT2D eigenvalue weighted by Crippen LogP contribution is -2.27. The molecule has 0 aromatic heterocycles. The fourth-order valence-corrected chi connectivity index (χ4v) is 2.72. The fraction of sp³-hybridized carbons (Fsp3) is 0.176. The molecule has 0 atom stereocenters. The number of aliphatic imine (C=N–C) groups is 1. The third-order valence-electron chi connectivity index (χ3n) is 3.70. The van der Waals surface area contributed by atoms with E-state index < -0.39 is 0 Å². The second kappa shape index (κ2) is 7.26. The van der Waals surface area contributed by atoms with Crippen LogP contribution >= 0.6 is 12.4 Å². The van der Waals surface area contributed by atoms with Crippen molar-refractivity contribution in [3.05, 3.63) is 53.1 Å². The number of carbonyl (C=O) groups excluding carboxylic acids is 1. The van der Waals surface area contributed by atoms with Crippen LogP contribution in [0.1, 0.15) is 15.9 Å². The molecule has 1 aliphatic rings. The van der Waals surface area contributed by atoms with Gasteiger partial charge in [0.1, 0.15) is 0 Å². The molecule has 0 bridgehead atoms. The van der Waals surface area contributed by atoms with Gasteiger partial charge < -0.3 is 16.8 Å². The third-order valence-corrected chi connectivity index (χ3v) is 3.70. The van der Waals surface area contributed by atoms with Crippen LogP contribution < -0.4 is 16.8 Å². The van der Waals surface area contributed by atoms with Gasteiger partial charge in [0.15, 0.2) is 11.7 Å². The number of ketones is 1.